The smallest absolute Gasteiger partial charge is 0.233 e. The lowest BCUT2D eigenvalue weighted by Gasteiger charge is -2.32. The number of fused-ring (bicyclic) bond motifs is 1. The largest absolute Gasteiger partial charge is 0.324 e. The molecule has 5 nitrogen and oxygen atoms in total. The van der Waals surface area contributed by atoms with E-state index in [0.29, 0.717) is 11.4 Å². The van der Waals surface area contributed by atoms with E-state index < -0.39 is 0 Å². The Labute approximate surface area is 125 Å². The summed E-state index contributed by atoms with van der Waals surface area (Å²) in [4.78, 5) is 23.2. The van der Waals surface area contributed by atoms with Gasteiger partial charge in [-0.05, 0) is 29.7 Å². The third-order valence-electron chi connectivity index (χ3n) is 3.52. The summed E-state index contributed by atoms with van der Waals surface area (Å²) < 4.78 is 0. The summed E-state index contributed by atoms with van der Waals surface area (Å²) in [5, 5.41) is 9.02. The van der Waals surface area contributed by atoms with E-state index in [1.807, 2.05) is 18.2 Å². The van der Waals surface area contributed by atoms with Crippen LogP contribution in [0.2, 0.25) is 0 Å². The van der Waals surface area contributed by atoms with Gasteiger partial charge in [0, 0.05) is 6.04 Å². The van der Waals surface area contributed by atoms with Crippen molar-refractivity contribution < 1.29 is 9.59 Å². The van der Waals surface area contributed by atoms with E-state index in [9.17, 15) is 9.59 Å². The first kappa shape index (κ1) is 15.5. The summed E-state index contributed by atoms with van der Waals surface area (Å²) in [6.45, 7) is 9.46. The van der Waals surface area contributed by atoms with E-state index in [1.165, 1.54) is 0 Å². The minimum Gasteiger partial charge on any atom is -0.324 e. The van der Waals surface area contributed by atoms with Crippen molar-refractivity contribution in [2.45, 2.75) is 40.2 Å². The average Bonchev–Trinajstić information content (AvgIpc) is 2.50. The number of amides is 2. The van der Waals surface area contributed by atoms with Crippen LogP contribution in [0.25, 0.3) is 0 Å². The van der Waals surface area contributed by atoms with Gasteiger partial charge in [-0.1, -0.05) is 33.8 Å². The van der Waals surface area contributed by atoms with Crippen molar-refractivity contribution >= 4 is 23.2 Å². The van der Waals surface area contributed by atoms with Gasteiger partial charge in [0.25, 0.3) is 0 Å². The Kier molecular flexibility index (Phi) is 4.32. The molecular weight excluding hydrogens is 266 g/mol. The molecule has 0 saturated carbocycles. The fourth-order valence-electron chi connectivity index (χ4n) is 2.62. The van der Waals surface area contributed by atoms with Crippen LogP contribution in [0.4, 0.5) is 11.4 Å². The fourth-order valence-corrected chi connectivity index (χ4v) is 2.62. The molecule has 1 heterocycles. The van der Waals surface area contributed by atoms with Gasteiger partial charge in [0.05, 0.1) is 11.4 Å². The second-order valence-corrected chi connectivity index (χ2v) is 6.43. The molecule has 0 bridgehead atoms. The number of carbonyl (C=O) groups excluding carboxylic acids is 2. The Balaban J connectivity index is 2.39. The molecule has 1 aromatic rings. The van der Waals surface area contributed by atoms with Gasteiger partial charge >= 0.3 is 0 Å². The molecule has 1 aromatic carbocycles. The molecule has 0 spiro atoms. The zero-order valence-corrected chi connectivity index (χ0v) is 13.0. The van der Waals surface area contributed by atoms with Crippen molar-refractivity contribution in [3.63, 3.8) is 0 Å². The summed E-state index contributed by atoms with van der Waals surface area (Å²) in [5.74, 6) is -0.558. The Bertz CT molecular complexity index is 561. The molecule has 21 heavy (non-hydrogen) atoms. The predicted molar refractivity (Wildman–Crippen MR) is 84.2 cm³/mol. The van der Waals surface area contributed by atoms with E-state index in [4.69, 9.17) is 0 Å². The quantitative estimate of drug-likeness (QED) is 0.749. The van der Waals surface area contributed by atoms with E-state index in [1.54, 1.807) is 0 Å². The second-order valence-electron chi connectivity index (χ2n) is 6.43. The highest BCUT2D eigenvalue weighted by atomic mass is 16.2. The third kappa shape index (κ3) is 3.61. The first-order chi connectivity index (χ1) is 9.81. The number of carbonyl (C=O) groups is 2. The monoisotopic (exact) mass is 289 g/mol. The van der Waals surface area contributed by atoms with Gasteiger partial charge in [0.1, 0.15) is 6.42 Å². The van der Waals surface area contributed by atoms with Gasteiger partial charge in [0.15, 0.2) is 0 Å². The fraction of sp³-hybridized carbons (Fsp3) is 0.500. The molecule has 2 amide bonds. The topological polar surface area (TPSA) is 70.2 Å². The number of anilines is 2. The minimum atomic E-state index is -0.280. The molecule has 1 aliphatic rings. The first-order valence-corrected chi connectivity index (χ1v) is 7.28. The van der Waals surface area contributed by atoms with Crippen LogP contribution in [-0.2, 0) is 9.59 Å². The summed E-state index contributed by atoms with van der Waals surface area (Å²) in [6, 6.07) is 5.96. The predicted octanol–water partition coefficient (Wildman–Crippen LogP) is 2.66. The van der Waals surface area contributed by atoms with Crippen LogP contribution in [0.3, 0.4) is 0 Å². The minimum absolute atomic E-state index is 0.0439. The maximum absolute atomic E-state index is 11.7. The highest BCUT2D eigenvalue weighted by molar-refractivity contribution is 6.13. The molecular formula is C16H23N3O2. The molecule has 3 N–H and O–H groups in total. The number of hydrogen-bond acceptors (Lipinski definition) is 3. The Morgan fingerprint density at radius 3 is 2.33 bits per heavy atom. The molecule has 0 radical (unpaired) electrons. The van der Waals surface area contributed by atoms with E-state index >= 15 is 0 Å². The highest BCUT2D eigenvalue weighted by Crippen LogP contribution is 2.36. The lowest BCUT2D eigenvalue weighted by atomic mass is 9.82. The lowest BCUT2D eigenvalue weighted by molar-refractivity contribution is -0.123. The molecule has 0 saturated heterocycles. The second kappa shape index (κ2) is 5.85. The van der Waals surface area contributed by atoms with Crippen molar-refractivity contribution in [2.24, 2.45) is 5.41 Å². The zero-order chi connectivity index (χ0) is 15.6. The maximum atomic E-state index is 11.7. The van der Waals surface area contributed by atoms with Gasteiger partial charge in [0.2, 0.25) is 11.8 Å². The summed E-state index contributed by atoms with van der Waals surface area (Å²) in [5.41, 5.74) is 2.45. The molecule has 0 aromatic heterocycles. The molecule has 1 unspecified atom stereocenters. The van der Waals surface area contributed by atoms with E-state index in [2.05, 4.69) is 43.6 Å². The van der Waals surface area contributed by atoms with Crippen LogP contribution in [-0.4, -0.2) is 18.4 Å². The molecule has 2 rings (SSSR count). The van der Waals surface area contributed by atoms with Crippen LogP contribution in [0, 0.1) is 5.41 Å². The Morgan fingerprint density at radius 2 is 1.76 bits per heavy atom. The molecule has 1 aliphatic heterocycles. The number of hydrogen-bond donors (Lipinski definition) is 3. The summed E-state index contributed by atoms with van der Waals surface area (Å²) >= 11 is 0. The molecule has 0 aliphatic carbocycles. The lowest BCUT2D eigenvalue weighted by Crippen LogP contribution is -2.32. The van der Waals surface area contributed by atoms with Gasteiger partial charge in [-0.3, -0.25) is 9.59 Å². The van der Waals surface area contributed by atoms with E-state index in [0.717, 1.165) is 12.1 Å². The summed E-state index contributed by atoms with van der Waals surface area (Å²) in [6.07, 6.45) is -0.139. The van der Waals surface area contributed by atoms with Crippen LogP contribution in [0.1, 0.15) is 45.7 Å². The summed E-state index contributed by atoms with van der Waals surface area (Å²) in [7, 11) is 0. The Morgan fingerprint density at radius 1 is 1.14 bits per heavy atom. The Hall–Kier alpha value is -1.88. The number of benzene rings is 1. The van der Waals surface area contributed by atoms with Crippen molar-refractivity contribution in [1.29, 1.82) is 0 Å². The van der Waals surface area contributed by atoms with Crippen LogP contribution < -0.4 is 16.0 Å². The normalized spacial score (nSPS) is 16.6. The molecule has 0 fully saturated rings. The standard InChI is InChI=1S/C16H23N3O2/c1-5-17-15(16(2,3)4)10-6-7-11-12(8-10)19-14(21)9-13(20)18-11/h6-8,15,17H,5,9H2,1-4H3,(H,18,20)(H,19,21). The number of nitrogens with one attached hydrogen (secondary N) is 3. The highest BCUT2D eigenvalue weighted by Gasteiger charge is 2.27. The third-order valence-corrected chi connectivity index (χ3v) is 3.52. The molecule has 5 heteroatoms. The van der Waals surface area contributed by atoms with Crippen LogP contribution in [0.5, 0.6) is 0 Å². The van der Waals surface area contributed by atoms with Crippen molar-refractivity contribution in [3.8, 4) is 0 Å². The molecule has 114 valence electrons. The van der Waals surface area contributed by atoms with E-state index in [-0.39, 0.29) is 29.7 Å². The van der Waals surface area contributed by atoms with Crippen LogP contribution >= 0.6 is 0 Å². The van der Waals surface area contributed by atoms with Crippen molar-refractivity contribution in [2.75, 3.05) is 17.2 Å². The van der Waals surface area contributed by atoms with Gasteiger partial charge in [-0.15, -0.1) is 0 Å². The first-order valence-electron chi connectivity index (χ1n) is 7.28. The van der Waals surface area contributed by atoms with Crippen LogP contribution in [0.15, 0.2) is 18.2 Å². The van der Waals surface area contributed by atoms with Gasteiger partial charge in [-0.2, -0.15) is 0 Å². The van der Waals surface area contributed by atoms with Crippen molar-refractivity contribution in [3.05, 3.63) is 23.8 Å². The molecule has 1 atom stereocenters. The van der Waals surface area contributed by atoms with Gasteiger partial charge < -0.3 is 16.0 Å². The maximum Gasteiger partial charge on any atom is 0.233 e. The average molecular weight is 289 g/mol. The number of rotatable bonds is 3. The van der Waals surface area contributed by atoms with Gasteiger partial charge in [-0.25, -0.2) is 0 Å². The zero-order valence-electron chi connectivity index (χ0n) is 13.0. The SMILES string of the molecule is CCNC(c1ccc2c(c1)NC(=O)CC(=O)N2)C(C)(C)C. The van der Waals surface area contributed by atoms with Crippen molar-refractivity contribution in [1.82, 2.24) is 5.32 Å².